The largest absolute Gasteiger partial charge is 0.383 e. The number of piperidine rings is 1. The third kappa shape index (κ3) is 2.73. The maximum atomic E-state index is 12.8. The number of ether oxygens (including phenoxy) is 1. The Kier molecular flexibility index (Phi) is 4.43. The number of nitrogens with one attached hydrogen (secondary N) is 1. The maximum Gasteiger partial charge on any atom is 0.254 e. The van der Waals surface area contributed by atoms with E-state index in [-0.39, 0.29) is 23.9 Å². The fourth-order valence-corrected chi connectivity index (χ4v) is 3.73. The molecule has 1 saturated carbocycles. The Balaban J connectivity index is 1.76. The van der Waals surface area contributed by atoms with E-state index in [2.05, 4.69) is 5.32 Å². The molecule has 0 radical (unpaired) electrons. The van der Waals surface area contributed by atoms with E-state index in [4.69, 9.17) is 4.74 Å². The van der Waals surface area contributed by atoms with Crippen LogP contribution in [0.4, 0.5) is 0 Å². The summed E-state index contributed by atoms with van der Waals surface area (Å²) in [6.45, 7) is 0.968. The minimum atomic E-state index is -0.330. The van der Waals surface area contributed by atoms with Crippen LogP contribution in [-0.2, 0) is 9.53 Å². The van der Waals surface area contributed by atoms with Gasteiger partial charge >= 0.3 is 0 Å². The summed E-state index contributed by atoms with van der Waals surface area (Å²) in [5, 5.41) is 2.89. The van der Waals surface area contributed by atoms with E-state index in [0.29, 0.717) is 24.6 Å². The van der Waals surface area contributed by atoms with Gasteiger partial charge in [-0.2, -0.15) is 0 Å². The van der Waals surface area contributed by atoms with Gasteiger partial charge in [-0.15, -0.1) is 0 Å². The van der Waals surface area contributed by atoms with Gasteiger partial charge in [0.25, 0.3) is 5.91 Å². The number of methoxy groups -OCH3 is 1. The van der Waals surface area contributed by atoms with Crippen LogP contribution in [0.25, 0.3) is 0 Å². The van der Waals surface area contributed by atoms with Crippen molar-refractivity contribution in [3.8, 4) is 0 Å². The normalized spacial score (nSPS) is 26.2. The molecule has 0 spiro atoms. The van der Waals surface area contributed by atoms with Crippen molar-refractivity contribution in [2.45, 2.75) is 31.3 Å². The summed E-state index contributed by atoms with van der Waals surface area (Å²) in [6, 6.07) is 9.11. The van der Waals surface area contributed by atoms with E-state index >= 15 is 0 Å². The van der Waals surface area contributed by atoms with E-state index in [1.54, 1.807) is 7.11 Å². The average Bonchev–Trinajstić information content (AvgIpc) is 3.16. The minimum Gasteiger partial charge on any atom is -0.383 e. The Labute approximate surface area is 130 Å². The number of carbonyl (C=O) groups is 2. The lowest BCUT2D eigenvalue weighted by atomic mass is 9.97. The molecule has 3 rings (SSSR count). The first kappa shape index (κ1) is 15.0. The van der Waals surface area contributed by atoms with Gasteiger partial charge in [0, 0.05) is 25.3 Å². The van der Waals surface area contributed by atoms with E-state index in [0.717, 1.165) is 19.3 Å². The van der Waals surface area contributed by atoms with Crippen molar-refractivity contribution in [2.75, 3.05) is 20.3 Å². The van der Waals surface area contributed by atoms with Crippen LogP contribution in [-0.4, -0.2) is 49.1 Å². The van der Waals surface area contributed by atoms with Crippen LogP contribution in [0.15, 0.2) is 30.3 Å². The zero-order valence-corrected chi connectivity index (χ0v) is 12.8. The highest BCUT2D eigenvalue weighted by Gasteiger charge is 2.51. The highest BCUT2D eigenvalue weighted by molar-refractivity contribution is 5.98. The molecule has 5 heteroatoms. The summed E-state index contributed by atoms with van der Waals surface area (Å²) in [5.41, 5.74) is 0.657. The summed E-state index contributed by atoms with van der Waals surface area (Å²) in [5.74, 6) is 0.216. The molecule has 0 unspecified atom stereocenters. The molecular formula is C17H22N2O3. The summed E-state index contributed by atoms with van der Waals surface area (Å²) in [6.07, 6.45) is 2.98. The van der Waals surface area contributed by atoms with Gasteiger partial charge in [-0.25, -0.2) is 0 Å². The fraction of sp³-hybridized carbons (Fsp3) is 0.529. The number of benzene rings is 1. The molecule has 2 fully saturated rings. The summed E-state index contributed by atoms with van der Waals surface area (Å²) < 4.78 is 4.97. The van der Waals surface area contributed by atoms with Gasteiger partial charge < -0.3 is 15.0 Å². The molecule has 1 heterocycles. The highest BCUT2D eigenvalue weighted by atomic mass is 16.5. The molecule has 1 aliphatic heterocycles. The summed E-state index contributed by atoms with van der Waals surface area (Å²) >= 11 is 0. The third-order valence-electron chi connectivity index (χ3n) is 4.71. The predicted octanol–water partition coefficient (Wildman–Crippen LogP) is 1.44. The standard InChI is InChI=1S/C17H22N2O3/c1-22-10-9-18-16(20)15-13-7-8-14(11-13)19(15)17(21)12-5-3-2-4-6-12/h2-6,13-15H,7-11H2,1H3,(H,18,20)/t13-,14-,15-/m0/s1. The van der Waals surface area contributed by atoms with Crippen LogP contribution in [0.1, 0.15) is 29.6 Å². The van der Waals surface area contributed by atoms with Crippen molar-refractivity contribution >= 4 is 11.8 Å². The number of amides is 2. The first-order valence-electron chi connectivity index (χ1n) is 7.86. The number of carbonyl (C=O) groups excluding carboxylic acids is 2. The van der Waals surface area contributed by atoms with Crippen LogP contribution in [0.3, 0.4) is 0 Å². The van der Waals surface area contributed by atoms with Gasteiger partial charge in [-0.3, -0.25) is 9.59 Å². The van der Waals surface area contributed by atoms with Gasteiger partial charge in [-0.1, -0.05) is 18.2 Å². The Morgan fingerprint density at radius 2 is 2.05 bits per heavy atom. The van der Waals surface area contributed by atoms with E-state index < -0.39 is 0 Å². The Morgan fingerprint density at radius 1 is 1.27 bits per heavy atom. The molecule has 2 amide bonds. The van der Waals surface area contributed by atoms with Crippen LogP contribution >= 0.6 is 0 Å². The second-order valence-electron chi connectivity index (χ2n) is 6.03. The molecule has 2 bridgehead atoms. The number of hydrogen-bond donors (Lipinski definition) is 1. The van der Waals surface area contributed by atoms with Gasteiger partial charge in [0.1, 0.15) is 6.04 Å². The molecule has 0 aromatic heterocycles. The number of hydrogen-bond acceptors (Lipinski definition) is 3. The van der Waals surface area contributed by atoms with Crippen LogP contribution in [0.5, 0.6) is 0 Å². The quantitative estimate of drug-likeness (QED) is 0.837. The average molecular weight is 302 g/mol. The topological polar surface area (TPSA) is 58.6 Å². The van der Waals surface area contributed by atoms with Crippen molar-refractivity contribution in [2.24, 2.45) is 5.92 Å². The van der Waals surface area contributed by atoms with Crippen molar-refractivity contribution in [3.63, 3.8) is 0 Å². The first-order chi connectivity index (χ1) is 10.7. The van der Waals surface area contributed by atoms with Gasteiger partial charge in [-0.05, 0) is 37.3 Å². The maximum absolute atomic E-state index is 12.8. The lowest BCUT2D eigenvalue weighted by Crippen LogP contribution is -2.53. The number of likely N-dealkylation sites (tertiary alicyclic amines) is 1. The third-order valence-corrected chi connectivity index (χ3v) is 4.71. The molecule has 1 saturated heterocycles. The summed E-state index contributed by atoms with van der Waals surface area (Å²) in [4.78, 5) is 27.1. The molecule has 1 aromatic rings. The highest BCUT2D eigenvalue weighted by Crippen LogP contribution is 2.43. The molecule has 3 atom stereocenters. The lowest BCUT2D eigenvalue weighted by molar-refractivity contribution is -0.127. The first-order valence-corrected chi connectivity index (χ1v) is 7.86. The van der Waals surface area contributed by atoms with Gasteiger partial charge in [0.2, 0.25) is 5.91 Å². The molecule has 2 aliphatic rings. The second-order valence-corrected chi connectivity index (χ2v) is 6.03. The SMILES string of the molecule is COCCNC(=O)[C@@H]1[C@H]2CC[C@@H](C2)N1C(=O)c1ccccc1. The van der Waals surface area contributed by atoms with Crippen molar-refractivity contribution in [1.82, 2.24) is 10.2 Å². The Bertz CT molecular complexity index is 546. The monoisotopic (exact) mass is 302 g/mol. The Hall–Kier alpha value is -1.88. The van der Waals surface area contributed by atoms with E-state index in [1.165, 1.54) is 0 Å². The molecule has 1 N–H and O–H groups in total. The molecule has 118 valence electrons. The van der Waals surface area contributed by atoms with Crippen LogP contribution in [0.2, 0.25) is 0 Å². The van der Waals surface area contributed by atoms with Crippen LogP contribution < -0.4 is 5.32 Å². The van der Waals surface area contributed by atoms with Crippen molar-refractivity contribution in [1.29, 1.82) is 0 Å². The Morgan fingerprint density at radius 3 is 2.77 bits per heavy atom. The number of fused-ring (bicyclic) bond motifs is 2. The van der Waals surface area contributed by atoms with Crippen molar-refractivity contribution < 1.29 is 14.3 Å². The number of rotatable bonds is 5. The lowest BCUT2D eigenvalue weighted by Gasteiger charge is -2.34. The predicted molar refractivity (Wildman–Crippen MR) is 82.4 cm³/mol. The van der Waals surface area contributed by atoms with Gasteiger partial charge in [0.05, 0.1) is 6.61 Å². The minimum absolute atomic E-state index is 0.0281. The summed E-state index contributed by atoms with van der Waals surface area (Å²) in [7, 11) is 1.61. The van der Waals surface area contributed by atoms with Crippen LogP contribution in [0, 0.1) is 5.92 Å². The zero-order chi connectivity index (χ0) is 15.5. The molecule has 1 aromatic carbocycles. The molecular weight excluding hydrogens is 280 g/mol. The zero-order valence-electron chi connectivity index (χ0n) is 12.8. The molecule has 1 aliphatic carbocycles. The smallest absolute Gasteiger partial charge is 0.254 e. The van der Waals surface area contributed by atoms with Gasteiger partial charge in [0.15, 0.2) is 0 Å². The van der Waals surface area contributed by atoms with Crippen molar-refractivity contribution in [3.05, 3.63) is 35.9 Å². The van der Waals surface area contributed by atoms with E-state index in [9.17, 15) is 9.59 Å². The fourth-order valence-electron chi connectivity index (χ4n) is 3.73. The van der Waals surface area contributed by atoms with E-state index in [1.807, 2.05) is 35.2 Å². The second kappa shape index (κ2) is 6.48. The molecule has 5 nitrogen and oxygen atoms in total. The molecule has 22 heavy (non-hydrogen) atoms. The number of nitrogens with zero attached hydrogens (tertiary/aromatic N) is 1.